The highest BCUT2D eigenvalue weighted by Crippen LogP contribution is 2.47. The first-order valence-corrected chi connectivity index (χ1v) is 10.6. The molecule has 0 saturated carbocycles. The first-order chi connectivity index (χ1) is 15.0. The summed E-state index contributed by atoms with van der Waals surface area (Å²) in [6.07, 6.45) is 0. The maximum atomic E-state index is 12.8. The molecule has 168 valence electrons. The van der Waals surface area contributed by atoms with Crippen LogP contribution in [0.15, 0.2) is 24.3 Å². The van der Waals surface area contributed by atoms with E-state index in [1.165, 1.54) is 11.8 Å². The molecule has 31 heavy (non-hydrogen) atoms. The monoisotopic (exact) mass is 449 g/mol. The second kappa shape index (κ2) is 9.91. The molecule has 0 N–H and O–H groups in total. The molecule has 0 bridgehead atoms. The van der Waals surface area contributed by atoms with Crippen LogP contribution in [0.4, 0.5) is 0 Å². The van der Waals surface area contributed by atoms with Crippen molar-refractivity contribution in [1.29, 1.82) is 0 Å². The van der Waals surface area contributed by atoms with Crippen molar-refractivity contribution in [2.24, 2.45) is 0 Å². The van der Waals surface area contributed by atoms with Gasteiger partial charge >= 0.3 is 0 Å². The number of amides is 1. The van der Waals surface area contributed by atoms with Crippen LogP contribution in [-0.4, -0.2) is 59.2 Å². The Morgan fingerprint density at radius 2 is 1.32 bits per heavy atom. The van der Waals surface area contributed by atoms with E-state index in [-0.39, 0.29) is 11.3 Å². The Kier molecular flexibility index (Phi) is 7.27. The van der Waals surface area contributed by atoms with E-state index < -0.39 is 0 Å². The van der Waals surface area contributed by atoms with Gasteiger partial charge in [0.1, 0.15) is 11.1 Å². The molecular weight excluding hydrogens is 422 g/mol. The van der Waals surface area contributed by atoms with Crippen LogP contribution in [-0.2, 0) is 11.3 Å². The van der Waals surface area contributed by atoms with Gasteiger partial charge in [0.15, 0.2) is 23.0 Å². The molecule has 1 amide bonds. The van der Waals surface area contributed by atoms with Gasteiger partial charge in [-0.1, -0.05) is 0 Å². The summed E-state index contributed by atoms with van der Waals surface area (Å²) < 4.78 is 32.7. The summed E-state index contributed by atoms with van der Waals surface area (Å²) >= 11 is 1.53. The van der Waals surface area contributed by atoms with Crippen LogP contribution in [0.1, 0.15) is 16.5 Å². The average Bonchev–Trinajstić information content (AvgIpc) is 3.16. The van der Waals surface area contributed by atoms with E-state index in [1.54, 1.807) is 53.6 Å². The van der Waals surface area contributed by atoms with Crippen molar-refractivity contribution in [3.05, 3.63) is 35.4 Å². The normalized spacial score (nSPS) is 15.6. The smallest absolute Gasteiger partial charge is 0.234 e. The molecule has 2 aromatic rings. The third-order valence-corrected chi connectivity index (χ3v) is 6.29. The molecule has 0 aliphatic carbocycles. The number of carbonyl (C=O) groups excluding carboxylic acids is 1. The Morgan fingerprint density at radius 1 is 0.774 bits per heavy atom. The van der Waals surface area contributed by atoms with Crippen molar-refractivity contribution in [3.63, 3.8) is 0 Å². The Bertz CT molecular complexity index is 925. The second-order valence-electron chi connectivity index (χ2n) is 6.67. The highest BCUT2D eigenvalue weighted by Gasteiger charge is 2.35. The third-order valence-electron chi connectivity index (χ3n) is 5.05. The first-order valence-electron chi connectivity index (χ1n) is 9.51. The predicted octanol–water partition coefficient (Wildman–Crippen LogP) is 3.51. The lowest BCUT2D eigenvalue weighted by atomic mass is 10.1. The van der Waals surface area contributed by atoms with E-state index in [4.69, 9.17) is 28.4 Å². The Labute approximate surface area is 186 Å². The fourth-order valence-corrected chi connectivity index (χ4v) is 4.75. The first kappa shape index (κ1) is 22.7. The van der Waals surface area contributed by atoms with Crippen molar-refractivity contribution in [2.45, 2.75) is 11.9 Å². The molecule has 3 rings (SSSR count). The van der Waals surface area contributed by atoms with E-state index in [0.717, 1.165) is 11.1 Å². The highest BCUT2D eigenvalue weighted by molar-refractivity contribution is 8.00. The topological polar surface area (TPSA) is 75.7 Å². The predicted molar refractivity (Wildman–Crippen MR) is 118 cm³/mol. The SMILES string of the molecule is COc1cc(OC)c(C2SCC(=O)N2Cc2cc(OC)c(OC)c(OC)c2)cc1OC. The second-order valence-corrected chi connectivity index (χ2v) is 7.74. The molecular formula is C22H27NO7S. The molecule has 1 unspecified atom stereocenters. The molecule has 1 fully saturated rings. The zero-order valence-electron chi connectivity index (χ0n) is 18.5. The van der Waals surface area contributed by atoms with E-state index in [2.05, 4.69) is 0 Å². The van der Waals surface area contributed by atoms with Crippen molar-refractivity contribution in [2.75, 3.05) is 48.4 Å². The number of hydrogen-bond donors (Lipinski definition) is 0. The molecule has 9 heteroatoms. The van der Waals surface area contributed by atoms with Gasteiger partial charge in [-0.25, -0.2) is 0 Å². The van der Waals surface area contributed by atoms with E-state index in [0.29, 0.717) is 46.8 Å². The van der Waals surface area contributed by atoms with Gasteiger partial charge in [-0.05, 0) is 23.8 Å². The molecule has 1 atom stereocenters. The zero-order chi connectivity index (χ0) is 22.5. The number of thioether (sulfide) groups is 1. The minimum atomic E-state index is -0.249. The lowest BCUT2D eigenvalue weighted by molar-refractivity contribution is -0.128. The molecule has 0 spiro atoms. The van der Waals surface area contributed by atoms with E-state index >= 15 is 0 Å². The molecule has 8 nitrogen and oxygen atoms in total. The number of hydrogen-bond acceptors (Lipinski definition) is 8. The average molecular weight is 450 g/mol. The maximum Gasteiger partial charge on any atom is 0.234 e. The molecule has 0 radical (unpaired) electrons. The standard InChI is InChI=1S/C22H27NO7S/c1-25-15-10-17(27-3)16(26-2)9-14(15)22-23(20(24)12-31-22)11-13-7-18(28-4)21(30-6)19(8-13)29-5/h7-10,22H,11-12H2,1-6H3. The number of methoxy groups -OCH3 is 6. The van der Waals surface area contributed by atoms with E-state index in [9.17, 15) is 4.79 Å². The molecule has 1 saturated heterocycles. The van der Waals surface area contributed by atoms with E-state index in [1.807, 2.05) is 18.2 Å². The number of carbonyl (C=O) groups is 1. The van der Waals surface area contributed by atoms with Gasteiger partial charge in [0.05, 0.1) is 48.4 Å². The van der Waals surface area contributed by atoms with Crippen LogP contribution in [0.5, 0.6) is 34.5 Å². The largest absolute Gasteiger partial charge is 0.496 e. The molecule has 0 aromatic heterocycles. The fraction of sp³-hybridized carbons (Fsp3) is 0.409. The fourth-order valence-electron chi connectivity index (χ4n) is 3.55. The summed E-state index contributed by atoms with van der Waals surface area (Å²) in [4.78, 5) is 14.6. The third kappa shape index (κ3) is 4.41. The highest BCUT2D eigenvalue weighted by atomic mass is 32.2. The Hall–Kier alpha value is -2.94. The summed E-state index contributed by atoms with van der Waals surface area (Å²) in [5, 5.41) is -0.249. The number of benzene rings is 2. The minimum Gasteiger partial charge on any atom is -0.496 e. The Morgan fingerprint density at radius 3 is 1.84 bits per heavy atom. The van der Waals surface area contributed by atoms with Crippen LogP contribution in [0.3, 0.4) is 0 Å². The maximum absolute atomic E-state index is 12.8. The van der Waals surface area contributed by atoms with Gasteiger partial charge in [-0.2, -0.15) is 0 Å². The summed E-state index contributed by atoms with van der Waals surface area (Å²) in [6.45, 7) is 0.366. The van der Waals surface area contributed by atoms with Crippen molar-refractivity contribution >= 4 is 17.7 Å². The Balaban J connectivity index is 2.00. The molecule has 1 heterocycles. The van der Waals surface area contributed by atoms with Crippen molar-refractivity contribution < 1.29 is 33.2 Å². The summed E-state index contributed by atoms with van der Waals surface area (Å²) in [5.41, 5.74) is 1.69. The zero-order valence-corrected chi connectivity index (χ0v) is 19.3. The van der Waals surface area contributed by atoms with Crippen molar-refractivity contribution in [3.8, 4) is 34.5 Å². The van der Waals surface area contributed by atoms with Gasteiger partial charge < -0.3 is 33.3 Å². The lowest BCUT2D eigenvalue weighted by Gasteiger charge is -2.27. The van der Waals surface area contributed by atoms with Crippen molar-refractivity contribution in [1.82, 2.24) is 4.90 Å². The summed E-state index contributed by atoms with van der Waals surface area (Å²) in [6, 6.07) is 7.33. The number of rotatable bonds is 9. The van der Waals surface area contributed by atoms with Gasteiger partial charge in [0.25, 0.3) is 0 Å². The minimum absolute atomic E-state index is 0.0283. The van der Waals surface area contributed by atoms with Gasteiger partial charge in [-0.15, -0.1) is 11.8 Å². The number of ether oxygens (including phenoxy) is 6. The quantitative estimate of drug-likeness (QED) is 0.576. The lowest BCUT2D eigenvalue weighted by Crippen LogP contribution is -2.28. The molecule has 2 aromatic carbocycles. The van der Waals surface area contributed by atoms with Crippen LogP contribution in [0.2, 0.25) is 0 Å². The molecule has 1 aliphatic heterocycles. The van der Waals surface area contributed by atoms with Crippen LogP contribution in [0, 0.1) is 0 Å². The van der Waals surface area contributed by atoms with Crippen LogP contribution in [0.25, 0.3) is 0 Å². The van der Waals surface area contributed by atoms with Gasteiger partial charge in [0, 0.05) is 18.2 Å². The van der Waals surface area contributed by atoms with Crippen LogP contribution >= 0.6 is 11.8 Å². The molecule has 1 aliphatic rings. The van der Waals surface area contributed by atoms with Gasteiger partial charge in [-0.3, -0.25) is 4.79 Å². The van der Waals surface area contributed by atoms with Crippen LogP contribution < -0.4 is 28.4 Å². The summed E-state index contributed by atoms with van der Waals surface area (Å²) in [5.74, 6) is 3.74. The summed E-state index contributed by atoms with van der Waals surface area (Å²) in [7, 11) is 9.43. The van der Waals surface area contributed by atoms with Gasteiger partial charge in [0.2, 0.25) is 11.7 Å². The number of nitrogens with zero attached hydrogens (tertiary/aromatic N) is 1.